The molecule has 6 nitrogen and oxygen atoms in total. The van der Waals surface area contributed by atoms with E-state index in [1.165, 1.54) is 19.2 Å². The Balaban J connectivity index is 2.14. The number of carbonyl (C=O) groups is 1. The number of anilines is 1. The molecule has 0 aliphatic rings. The van der Waals surface area contributed by atoms with Gasteiger partial charge in [-0.2, -0.15) is 4.31 Å². The Morgan fingerprint density at radius 1 is 1.20 bits per heavy atom. The fraction of sp³-hybridized carbons (Fsp3) is 0.235. The predicted molar refractivity (Wildman–Crippen MR) is 97.5 cm³/mol. The summed E-state index contributed by atoms with van der Waals surface area (Å²) in [6.45, 7) is 1.52. The summed E-state index contributed by atoms with van der Waals surface area (Å²) in [5.41, 5.74) is 0.528. The number of nitrogens with zero attached hydrogens (tertiary/aromatic N) is 1. The lowest BCUT2D eigenvalue weighted by Gasteiger charge is -2.20. The maximum atomic E-state index is 12.7. The van der Waals surface area contributed by atoms with E-state index in [1.807, 2.05) is 0 Å². The van der Waals surface area contributed by atoms with E-state index in [1.54, 1.807) is 43.3 Å². The van der Waals surface area contributed by atoms with Crippen LogP contribution in [0.3, 0.4) is 0 Å². The molecule has 0 fully saturated rings. The first kappa shape index (κ1) is 19.2. The Bertz CT molecular complexity index is 855. The molecule has 0 bridgehead atoms. The zero-order valence-corrected chi connectivity index (χ0v) is 15.5. The SMILES string of the molecule is CCN(CC(=O)Nc1cccc(OC)c1)S(=O)(=O)c1cccc(Cl)c1. The first-order chi connectivity index (χ1) is 11.9. The van der Waals surface area contributed by atoms with Crippen molar-refractivity contribution in [3.8, 4) is 5.75 Å². The van der Waals surface area contributed by atoms with Crippen LogP contribution < -0.4 is 10.1 Å². The van der Waals surface area contributed by atoms with E-state index in [9.17, 15) is 13.2 Å². The summed E-state index contributed by atoms with van der Waals surface area (Å²) >= 11 is 5.87. The summed E-state index contributed by atoms with van der Waals surface area (Å²) < 4.78 is 31.5. The number of amides is 1. The van der Waals surface area contributed by atoms with Crippen molar-refractivity contribution in [3.05, 3.63) is 53.6 Å². The van der Waals surface area contributed by atoms with Crippen LogP contribution in [0.2, 0.25) is 5.02 Å². The molecule has 134 valence electrons. The molecule has 1 amide bonds. The lowest BCUT2D eigenvalue weighted by Crippen LogP contribution is -2.37. The molecular formula is C17H19ClN2O4S. The van der Waals surface area contributed by atoms with Crippen molar-refractivity contribution < 1.29 is 17.9 Å². The van der Waals surface area contributed by atoms with Gasteiger partial charge in [0.15, 0.2) is 0 Å². The van der Waals surface area contributed by atoms with Crippen molar-refractivity contribution in [1.29, 1.82) is 0 Å². The third-order valence-electron chi connectivity index (χ3n) is 3.46. The number of nitrogens with one attached hydrogen (secondary N) is 1. The van der Waals surface area contributed by atoms with Crippen molar-refractivity contribution in [2.75, 3.05) is 25.5 Å². The van der Waals surface area contributed by atoms with E-state index in [4.69, 9.17) is 16.3 Å². The lowest BCUT2D eigenvalue weighted by molar-refractivity contribution is -0.116. The van der Waals surface area contributed by atoms with Gasteiger partial charge in [-0.05, 0) is 30.3 Å². The second kappa shape index (κ2) is 8.33. The minimum atomic E-state index is -3.81. The Morgan fingerprint density at radius 2 is 1.92 bits per heavy atom. The minimum absolute atomic E-state index is 0.0519. The molecule has 1 N–H and O–H groups in total. The average molecular weight is 383 g/mol. The van der Waals surface area contributed by atoms with Gasteiger partial charge < -0.3 is 10.1 Å². The molecule has 0 aliphatic carbocycles. The summed E-state index contributed by atoms with van der Waals surface area (Å²) in [5.74, 6) is 0.150. The smallest absolute Gasteiger partial charge is 0.243 e. The van der Waals surface area contributed by atoms with Crippen LogP contribution in [-0.4, -0.2) is 38.8 Å². The van der Waals surface area contributed by atoms with Crippen LogP contribution in [0.25, 0.3) is 0 Å². The first-order valence-corrected chi connectivity index (χ1v) is 9.38. The number of carbonyl (C=O) groups excluding carboxylic acids is 1. The van der Waals surface area contributed by atoms with Gasteiger partial charge in [0.2, 0.25) is 15.9 Å². The molecular weight excluding hydrogens is 364 g/mol. The number of hydrogen-bond acceptors (Lipinski definition) is 4. The molecule has 0 atom stereocenters. The van der Waals surface area contributed by atoms with Gasteiger partial charge in [0.1, 0.15) is 5.75 Å². The molecule has 2 aromatic rings. The predicted octanol–water partition coefficient (Wildman–Crippen LogP) is 3.00. The number of rotatable bonds is 7. The fourth-order valence-corrected chi connectivity index (χ4v) is 3.91. The van der Waals surface area contributed by atoms with Crippen LogP contribution in [0.1, 0.15) is 6.92 Å². The maximum Gasteiger partial charge on any atom is 0.243 e. The van der Waals surface area contributed by atoms with Gasteiger partial charge >= 0.3 is 0 Å². The molecule has 0 aliphatic heterocycles. The van der Waals surface area contributed by atoms with Gasteiger partial charge in [-0.25, -0.2) is 8.42 Å². The second-order valence-electron chi connectivity index (χ2n) is 5.17. The van der Waals surface area contributed by atoms with Crippen LogP contribution >= 0.6 is 11.6 Å². The van der Waals surface area contributed by atoms with Gasteiger partial charge in [-0.1, -0.05) is 30.7 Å². The lowest BCUT2D eigenvalue weighted by atomic mass is 10.3. The van der Waals surface area contributed by atoms with E-state index < -0.39 is 15.9 Å². The van der Waals surface area contributed by atoms with Crippen molar-refractivity contribution in [3.63, 3.8) is 0 Å². The average Bonchev–Trinajstić information content (AvgIpc) is 2.59. The zero-order valence-electron chi connectivity index (χ0n) is 13.9. The van der Waals surface area contributed by atoms with Gasteiger partial charge in [-0.3, -0.25) is 4.79 Å². The Kier molecular flexibility index (Phi) is 6.41. The van der Waals surface area contributed by atoms with Crippen LogP contribution in [0.5, 0.6) is 5.75 Å². The highest BCUT2D eigenvalue weighted by Crippen LogP contribution is 2.20. The molecule has 0 heterocycles. The third kappa shape index (κ3) is 4.94. The molecule has 2 rings (SSSR count). The first-order valence-electron chi connectivity index (χ1n) is 7.56. The number of methoxy groups -OCH3 is 1. The number of benzene rings is 2. The molecule has 25 heavy (non-hydrogen) atoms. The largest absolute Gasteiger partial charge is 0.497 e. The van der Waals surface area contributed by atoms with E-state index in [0.717, 1.165) is 4.31 Å². The summed E-state index contributed by atoms with van der Waals surface area (Å²) in [4.78, 5) is 12.3. The van der Waals surface area contributed by atoms with E-state index in [0.29, 0.717) is 16.5 Å². The Labute approximate surface area is 152 Å². The third-order valence-corrected chi connectivity index (χ3v) is 5.61. The van der Waals surface area contributed by atoms with Gasteiger partial charge in [0.05, 0.1) is 18.6 Å². The number of hydrogen-bond donors (Lipinski definition) is 1. The van der Waals surface area contributed by atoms with Crippen molar-refractivity contribution in [1.82, 2.24) is 4.31 Å². The molecule has 0 saturated carbocycles. The van der Waals surface area contributed by atoms with Crippen LogP contribution in [0.15, 0.2) is 53.4 Å². The van der Waals surface area contributed by atoms with Crippen LogP contribution in [-0.2, 0) is 14.8 Å². The number of ether oxygens (including phenoxy) is 1. The number of sulfonamides is 1. The topological polar surface area (TPSA) is 75.7 Å². The highest BCUT2D eigenvalue weighted by Gasteiger charge is 2.25. The summed E-state index contributed by atoms with van der Waals surface area (Å²) in [6, 6.07) is 12.8. The molecule has 0 unspecified atom stereocenters. The normalized spacial score (nSPS) is 11.4. The summed E-state index contributed by atoms with van der Waals surface area (Å²) in [6.07, 6.45) is 0. The minimum Gasteiger partial charge on any atom is -0.497 e. The number of likely N-dealkylation sites (N-methyl/N-ethyl adjacent to an activating group) is 1. The Hall–Kier alpha value is -2.09. The zero-order chi connectivity index (χ0) is 18.4. The molecule has 8 heteroatoms. The monoisotopic (exact) mass is 382 g/mol. The van der Waals surface area contributed by atoms with E-state index >= 15 is 0 Å². The molecule has 0 radical (unpaired) electrons. The summed E-state index contributed by atoms with van der Waals surface area (Å²) in [7, 11) is -2.29. The van der Waals surface area contributed by atoms with E-state index in [2.05, 4.69) is 5.32 Å². The highest BCUT2D eigenvalue weighted by molar-refractivity contribution is 7.89. The Morgan fingerprint density at radius 3 is 2.56 bits per heavy atom. The van der Waals surface area contributed by atoms with Gasteiger partial charge in [-0.15, -0.1) is 0 Å². The van der Waals surface area contributed by atoms with Crippen LogP contribution in [0.4, 0.5) is 5.69 Å². The van der Waals surface area contributed by atoms with Gasteiger partial charge in [0, 0.05) is 23.3 Å². The van der Waals surface area contributed by atoms with Gasteiger partial charge in [0.25, 0.3) is 0 Å². The quantitative estimate of drug-likeness (QED) is 0.798. The van der Waals surface area contributed by atoms with Crippen LogP contribution in [0, 0.1) is 0 Å². The molecule has 0 aromatic heterocycles. The van der Waals surface area contributed by atoms with Crippen molar-refractivity contribution in [2.24, 2.45) is 0 Å². The fourth-order valence-electron chi connectivity index (χ4n) is 2.20. The maximum absolute atomic E-state index is 12.7. The molecule has 0 spiro atoms. The standard InChI is InChI=1S/C17H19ClN2O4S/c1-3-20(25(22,23)16-9-4-6-13(18)10-16)12-17(21)19-14-7-5-8-15(11-14)24-2/h4-11H,3,12H2,1-2H3,(H,19,21). The van der Waals surface area contributed by atoms with Crippen molar-refractivity contribution in [2.45, 2.75) is 11.8 Å². The molecule has 2 aromatic carbocycles. The summed E-state index contributed by atoms with van der Waals surface area (Å²) in [5, 5.41) is 2.98. The van der Waals surface area contributed by atoms with E-state index in [-0.39, 0.29) is 18.0 Å². The van der Waals surface area contributed by atoms with Crippen molar-refractivity contribution >= 4 is 33.2 Å². The number of halogens is 1. The second-order valence-corrected chi connectivity index (χ2v) is 7.54. The molecule has 0 saturated heterocycles. The highest BCUT2D eigenvalue weighted by atomic mass is 35.5.